The first-order valence-corrected chi connectivity index (χ1v) is 21.3. The summed E-state index contributed by atoms with van der Waals surface area (Å²) >= 11 is 0. The van der Waals surface area contributed by atoms with E-state index in [1.807, 2.05) is 30.6 Å². The average Bonchev–Trinajstić information content (AvgIpc) is 3.62. The van der Waals surface area contributed by atoms with E-state index in [0.29, 0.717) is 77.4 Å². The van der Waals surface area contributed by atoms with E-state index >= 15 is 0 Å². The number of likely N-dealkylation sites (tertiary alicyclic amines) is 4. The molecule has 53 heavy (non-hydrogen) atoms. The van der Waals surface area contributed by atoms with E-state index in [0.717, 1.165) is 103 Å². The normalized spacial score (nSPS) is 21.5. The van der Waals surface area contributed by atoms with Crippen LogP contribution in [0.4, 0.5) is 0 Å². The minimum Gasteiger partial charge on any atom is -0.379 e. The molecular weight excluding hydrogens is 676 g/mol. The van der Waals surface area contributed by atoms with Crippen LogP contribution in [-0.2, 0) is 38.0 Å². The summed E-state index contributed by atoms with van der Waals surface area (Å²) in [5.41, 5.74) is 0. The van der Waals surface area contributed by atoms with Crippen LogP contribution in [0.1, 0.15) is 106 Å². The summed E-state index contributed by atoms with van der Waals surface area (Å²) in [7, 11) is 0. The molecule has 4 heterocycles. The van der Waals surface area contributed by atoms with Gasteiger partial charge in [-0.1, -0.05) is 20.8 Å². The maximum Gasteiger partial charge on any atom is 0.224 e. The van der Waals surface area contributed by atoms with Gasteiger partial charge in [0.2, 0.25) is 11.8 Å². The molecule has 1 unspecified atom stereocenters. The van der Waals surface area contributed by atoms with Crippen molar-refractivity contribution in [3.05, 3.63) is 0 Å². The molecule has 4 saturated heterocycles. The topological polar surface area (TPSA) is 102 Å². The molecule has 0 aliphatic carbocycles. The van der Waals surface area contributed by atoms with Gasteiger partial charge in [0.1, 0.15) is 0 Å². The number of nitrogens with zero attached hydrogens (tertiary/aromatic N) is 4. The van der Waals surface area contributed by atoms with E-state index in [1.165, 1.54) is 19.5 Å². The first-order valence-electron chi connectivity index (χ1n) is 21.3. The van der Waals surface area contributed by atoms with Gasteiger partial charge in [-0.05, 0) is 84.6 Å². The van der Waals surface area contributed by atoms with Gasteiger partial charge >= 0.3 is 0 Å². The zero-order chi connectivity index (χ0) is 38.3. The SMILES string of the molecule is CCCN1CCC(OC2CCN(C(=O)CCOCCOC(C)C)C2)CC1.CCOCCOCCC(=O)N1CCC(OC2CCN(CC(C)C)CC2)CC1. The summed E-state index contributed by atoms with van der Waals surface area (Å²) in [6, 6.07) is 0. The largest absolute Gasteiger partial charge is 0.379 e. The van der Waals surface area contributed by atoms with Crippen molar-refractivity contribution in [2.24, 2.45) is 5.92 Å². The molecule has 0 spiro atoms. The fourth-order valence-electron chi connectivity index (χ4n) is 7.63. The van der Waals surface area contributed by atoms with Crippen LogP contribution in [0.5, 0.6) is 0 Å². The average molecular weight is 755 g/mol. The molecule has 1 atom stereocenters. The first kappa shape index (κ1) is 46.0. The molecule has 12 heteroatoms. The van der Waals surface area contributed by atoms with E-state index in [-0.39, 0.29) is 24.0 Å². The summed E-state index contributed by atoms with van der Waals surface area (Å²) in [4.78, 5) is 33.6. The summed E-state index contributed by atoms with van der Waals surface area (Å²) in [5, 5.41) is 0. The highest BCUT2D eigenvalue weighted by Gasteiger charge is 2.30. The fourth-order valence-corrected chi connectivity index (χ4v) is 7.63. The van der Waals surface area contributed by atoms with Crippen LogP contribution in [0, 0.1) is 5.92 Å². The standard InChI is InChI=1S/C21H40N2O4.C20H38N2O4/c1-4-25-15-16-26-14-9-21(24)23-12-7-20(8-13-23)27-19-5-10-22(11-6-19)17-18(2)3;1-4-9-21-10-5-18(6-11-21)26-19-7-12-22(16-19)20(23)8-13-24-14-15-25-17(2)3/h18-20H,4-17H2,1-3H3;17-19H,4-16H2,1-3H3. The van der Waals surface area contributed by atoms with Gasteiger partial charge in [0, 0.05) is 65.5 Å². The second-order valence-corrected chi connectivity index (χ2v) is 15.9. The smallest absolute Gasteiger partial charge is 0.224 e. The maximum absolute atomic E-state index is 12.3. The lowest BCUT2D eigenvalue weighted by Crippen LogP contribution is -2.44. The van der Waals surface area contributed by atoms with Crippen molar-refractivity contribution in [2.45, 2.75) is 136 Å². The lowest BCUT2D eigenvalue weighted by atomic mass is 10.0. The Morgan fingerprint density at radius 3 is 1.58 bits per heavy atom. The van der Waals surface area contributed by atoms with Crippen molar-refractivity contribution in [1.82, 2.24) is 19.6 Å². The Morgan fingerprint density at radius 1 is 0.566 bits per heavy atom. The number of hydrogen-bond acceptors (Lipinski definition) is 10. The molecule has 2 amide bonds. The molecule has 12 nitrogen and oxygen atoms in total. The Balaban J connectivity index is 0.000000286. The zero-order valence-corrected chi connectivity index (χ0v) is 34.6. The molecule has 310 valence electrons. The van der Waals surface area contributed by atoms with E-state index in [1.54, 1.807) is 0 Å². The lowest BCUT2D eigenvalue weighted by molar-refractivity contribution is -0.136. The molecule has 0 aromatic heterocycles. The number of rotatable bonds is 22. The number of piperidine rings is 3. The molecule has 4 aliphatic heterocycles. The molecule has 4 rings (SSSR count). The molecule has 0 N–H and O–H groups in total. The van der Waals surface area contributed by atoms with Crippen molar-refractivity contribution in [1.29, 1.82) is 0 Å². The van der Waals surface area contributed by atoms with Gasteiger partial charge in [-0.3, -0.25) is 9.59 Å². The Labute approximate surface area is 322 Å². The summed E-state index contributed by atoms with van der Waals surface area (Å²) < 4.78 is 34.2. The zero-order valence-electron chi connectivity index (χ0n) is 34.6. The van der Waals surface area contributed by atoms with Crippen molar-refractivity contribution in [3.8, 4) is 0 Å². The van der Waals surface area contributed by atoms with Gasteiger partial charge in [-0.2, -0.15) is 0 Å². The number of hydrogen-bond donors (Lipinski definition) is 0. The minimum atomic E-state index is 0.179. The van der Waals surface area contributed by atoms with Gasteiger partial charge < -0.3 is 48.0 Å². The lowest BCUT2D eigenvalue weighted by Gasteiger charge is -2.37. The van der Waals surface area contributed by atoms with Gasteiger partial charge in [-0.15, -0.1) is 0 Å². The Bertz CT molecular complexity index is 950. The quantitative estimate of drug-likeness (QED) is 0.143. The first-order chi connectivity index (χ1) is 25.7. The van der Waals surface area contributed by atoms with Crippen molar-refractivity contribution >= 4 is 11.8 Å². The van der Waals surface area contributed by atoms with Crippen molar-refractivity contribution in [3.63, 3.8) is 0 Å². The third-order valence-electron chi connectivity index (χ3n) is 10.5. The number of carbonyl (C=O) groups is 2. The molecule has 0 aromatic rings. The number of ether oxygens (including phenoxy) is 6. The number of carbonyl (C=O) groups excluding carboxylic acids is 2. The summed E-state index contributed by atoms with van der Waals surface area (Å²) in [5.74, 6) is 1.12. The third-order valence-corrected chi connectivity index (χ3v) is 10.5. The van der Waals surface area contributed by atoms with Gasteiger partial charge in [0.15, 0.2) is 0 Å². The van der Waals surface area contributed by atoms with E-state index in [2.05, 4.69) is 30.6 Å². The molecule has 0 radical (unpaired) electrons. The Hall–Kier alpha value is -1.38. The van der Waals surface area contributed by atoms with Crippen LogP contribution in [0.25, 0.3) is 0 Å². The van der Waals surface area contributed by atoms with Crippen LogP contribution in [0.3, 0.4) is 0 Å². The van der Waals surface area contributed by atoms with E-state index in [9.17, 15) is 9.59 Å². The summed E-state index contributed by atoms with van der Waals surface area (Å²) in [6.45, 7) is 26.9. The molecule has 0 bridgehead atoms. The van der Waals surface area contributed by atoms with Gasteiger partial charge in [0.25, 0.3) is 0 Å². The monoisotopic (exact) mass is 755 g/mol. The second-order valence-electron chi connectivity index (χ2n) is 15.9. The third kappa shape index (κ3) is 19.9. The Morgan fingerprint density at radius 2 is 1.04 bits per heavy atom. The summed E-state index contributed by atoms with van der Waals surface area (Å²) in [6.07, 6.45) is 11.1. The highest BCUT2D eigenvalue weighted by Crippen LogP contribution is 2.23. The predicted molar refractivity (Wildman–Crippen MR) is 209 cm³/mol. The van der Waals surface area contributed by atoms with E-state index < -0.39 is 0 Å². The molecule has 0 saturated carbocycles. The second kappa shape index (κ2) is 27.3. The van der Waals surface area contributed by atoms with E-state index in [4.69, 9.17) is 28.4 Å². The van der Waals surface area contributed by atoms with Crippen molar-refractivity contribution < 1.29 is 38.0 Å². The van der Waals surface area contributed by atoms with Crippen LogP contribution in [-0.4, -0.2) is 174 Å². The highest BCUT2D eigenvalue weighted by atomic mass is 16.5. The molecule has 4 aliphatic rings. The van der Waals surface area contributed by atoms with Gasteiger partial charge in [0.05, 0.1) is 83.0 Å². The molecular formula is C41H78N4O8. The molecule has 0 aromatic carbocycles. The van der Waals surface area contributed by atoms with Crippen molar-refractivity contribution in [2.75, 3.05) is 112 Å². The predicted octanol–water partition coefficient (Wildman–Crippen LogP) is 4.87. The Kier molecular flexibility index (Phi) is 23.7. The maximum atomic E-state index is 12.3. The highest BCUT2D eigenvalue weighted by molar-refractivity contribution is 5.76. The van der Waals surface area contributed by atoms with Crippen LogP contribution >= 0.6 is 0 Å². The number of amides is 2. The minimum absolute atomic E-state index is 0.179. The van der Waals surface area contributed by atoms with Crippen LogP contribution in [0.2, 0.25) is 0 Å². The fraction of sp³-hybridized carbons (Fsp3) is 0.951. The van der Waals surface area contributed by atoms with Gasteiger partial charge in [-0.25, -0.2) is 0 Å². The van der Waals surface area contributed by atoms with Crippen LogP contribution < -0.4 is 0 Å². The van der Waals surface area contributed by atoms with Crippen LogP contribution in [0.15, 0.2) is 0 Å². The molecule has 4 fully saturated rings.